The van der Waals surface area contributed by atoms with Crippen molar-refractivity contribution in [3.05, 3.63) is 56.8 Å². The Balaban J connectivity index is 3.31. The molecule has 0 spiro atoms. The molecule has 1 heterocycles. The molecule has 0 fully saturated rings. The van der Waals surface area contributed by atoms with Gasteiger partial charge in [-0.1, -0.05) is 12.2 Å². The normalized spacial score (nSPS) is 10.5. The fourth-order valence-electron chi connectivity index (χ4n) is 1.81. The molecule has 0 N–H and O–H groups in total. The molecular formula is C13H19N3O4S. The summed E-state index contributed by atoms with van der Waals surface area (Å²) in [6.45, 7) is 7.37. The molecule has 8 heteroatoms. The zero-order chi connectivity index (χ0) is 15.8. The maximum absolute atomic E-state index is 12.2. The average molecular weight is 313 g/mol. The lowest BCUT2D eigenvalue weighted by Gasteiger charge is -2.11. The van der Waals surface area contributed by atoms with E-state index in [9.17, 15) is 14.4 Å². The van der Waals surface area contributed by atoms with E-state index in [1.165, 1.54) is 24.2 Å². The van der Waals surface area contributed by atoms with Crippen LogP contribution < -0.4 is 17.1 Å². The highest BCUT2D eigenvalue weighted by Crippen LogP contribution is 2.01. The lowest BCUT2D eigenvalue weighted by atomic mass is 10.4. The first-order valence-electron chi connectivity index (χ1n) is 6.40. The molecular weight excluding hydrogens is 294 g/mol. The van der Waals surface area contributed by atoms with Crippen LogP contribution in [0, 0.1) is 0 Å². The smallest absolute Gasteiger partial charge is 0.319 e. The molecule has 1 aromatic heterocycles. The van der Waals surface area contributed by atoms with Gasteiger partial charge in [0.2, 0.25) is 0 Å². The van der Waals surface area contributed by atoms with E-state index in [0.717, 1.165) is 13.7 Å². The highest BCUT2D eigenvalue weighted by atomic mass is 32.2. The molecule has 0 aliphatic rings. The summed E-state index contributed by atoms with van der Waals surface area (Å²) in [7, 11) is 1.55. The highest BCUT2D eigenvalue weighted by molar-refractivity contribution is 7.94. The SMILES string of the molecule is C=CCn1c(=O)n(CC=C)c(=O)n(CCCSOC)c1=O. The minimum absolute atomic E-state index is 0.0575. The fourth-order valence-corrected chi connectivity index (χ4v) is 2.22. The Kier molecular flexibility index (Phi) is 6.97. The Bertz CT molecular complexity index is 623. The van der Waals surface area contributed by atoms with Crippen LogP contribution in [0.3, 0.4) is 0 Å². The first-order chi connectivity index (χ1) is 10.1. The van der Waals surface area contributed by atoms with Crippen molar-refractivity contribution in [1.82, 2.24) is 13.7 Å². The quantitative estimate of drug-likeness (QED) is 0.370. The number of aromatic nitrogens is 3. The van der Waals surface area contributed by atoms with Crippen molar-refractivity contribution in [2.75, 3.05) is 12.9 Å². The maximum Gasteiger partial charge on any atom is 0.336 e. The molecule has 21 heavy (non-hydrogen) atoms. The van der Waals surface area contributed by atoms with Gasteiger partial charge in [-0.3, -0.25) is 0 Å². The van der Waals surface area contributed by atoms with Crippen LogP contribution in [-0.4, -0.2) is 26.6 Å². The van der Waals surface area contributed by atoms with Crippen molar-refractivity contribution in [2.24, 2.45) is 0 Å². The van der Waals surface area contributed by atoms with Crippen molar-refractivity contribution >= 4 is 12.0 Å². The van der Waals surface area contributed by atoms with Gasteiger partial charge < -0.3 is 4.18 Å². The molecule has 0 aromatic carbocycles. The molecule has 0 radical (unpaired) electrons. The van der Waals surface area contributed by atoms with E-state index in [2.05, 4.69) is 13.2 Å². The van der Waals surface area contributed by atoms with Gasteiger partial charge in [-0.15, -0.1) is 13.2 Å². The molecule has 0 aliphatic heterocycles. The molecule has 1 rings (SSSR count). The Hall–Kier alpha value is -1.80. The topological polar surface area (TPSA) is 75.2 Å². The number of rotatable bonds is 9. The van der Waals surface area contributed by atoms with Crippen molar-refractivity contribution in [3.63, 3.8) is 0 Å². The monoisotopic (exact) mass is 313 g/mol. The number of hydrogen-bond donors (Lipinski definition) is 0. The Morgan fingerprint density at radius 2 is 1.48 bits per heavy atom. The third kappa shape index (κ3) is 4.08. The third-order valence-electron chi connectivity index (χ3n) is 2.74. The zero-order valence-electron chi connectivity index (χ0n) is 12.0. The molecule has 0 unspecified atom stereocenters. The van der Waals surface area contributed by atoms with E-state index in [1.54, 1.807) is 7.11 Å². The predicted molar refractivity (Wildman–Crippen MR) is 83.7 cm³/mol. The van der Waals surface area contributed by atoms with Gasteiger partial charge >= 0.3 is 17.1 Å². The highest BCUT2D eigenvalue weighted by Gasteiger charge is 2.13. The van der Waals surface area contributed by atoms with Crippen molar-refractivity contribution in [1.29, 1.82) is 0 Å². The second-order valence-corrected chi connectivity index (χ2v) is 5.12. The summed E-state index contributed by atoms with van der Waals surface area (Å²) >= 11 is 1.25. The van der Waals surface area contributed by atoms with Crippen LogP contribution in [0.4, 0.5) is 0 Å². The van der Waals surface area contributed by atoms with Gasteiger partial charge in [0.25, 0.3) is 0 Å². The third-order valence-corrected chi connectivity index (χ3v) is 3.43. The van der Waals surface area contributed by atoms with Crippen molar-refractivity contribution in [3.8, 4) is 0 Å². The maximum atomic E-state index is 12.2. The van der Waals surface area contributed by atoms with E-state index in [1.807, 2.05) is 0 Å². The number of hydrogen-bond acceptors (Lipinski definition) is 5. The lowest BCUT2D eigenvalue weighted by Crippen LogP contribution is -2.54. The van der Waals surface area contributed by atoms with E-state index < -0.39 is 17.1 Å². The summed E-state index contributed by atoms with van der Waals surface area (Å²) in [4.78, 5) is 36.6. The summed E-state index contributed by atoms with van der Waals surface area (Å²) in [6.07, 6.45) is 3.46. The summed E-state index contributed by atoms with van der Waals surface area (Å²) in [6, 6.07) is 0. The van der Waals surface area contributed by atoms with Gasteiger partial charge in [0.1, 0.15) is 0 Å². The molecule has 7 nitrogen and oxygen atoms in total. The van der Waals surface area contributed by atoms with Crippen LogP contribution in [0.5, 0.6) is 0 Å². The minimum atomic E-state index is -0.646. The Morgan fingerprint density at radius 1 is 1.00 bits per heavy atom. The van der Waals surface area contributed by atoms with Crippen LogP contribution in [0.15, 0.2) is 39.7 Å². The van der Waals surface area contributed by atoms with Crippen LogP contribution in [-0.2, 0) is 23.8 Å². The van der Waals surface area contributed by atoms with Crippen molar-refractivity contribution in [2.45, 2.75) is 26.1 Å². The summed E-state index contributed by atoms with van der Waals surface area (Å²) in [5, 5.41) is 0. The van der Waals surface area contributed by atoms with E-state index >= 15 is 0 Å². The summed E-state index contributed by atoms with van der Waals surface area (Å²) in [5.74, 6) is 0.643. The van der Waals surface area contributed by atoms with Crippen LogP contribution >= 0.6 is 12.0 Å². The van der Waals surface area contributed by atoms with Crippen LogP contribution in [0.25, 0.3) is 0 Å². The van der Waals surface area contributed by atoms with E-state index in [4.69, 9.17) is 4.18 Å². The van der Waals surface area contributed by atoms with Gasteiger partial charge in [0.05, 0.1) is 20.2 Å². The Morgan fingerprint density at radius 3 is 1.90 bits per heavy atom. The van der Waals surface area contributed by atoms with Gasteiger partial charge in [-0.05, 0) is 18.5 Å². The van der Waals surface area contributed by atoms with E-state index in [-0.39, 0.29) is 19.6 Å². The van der Waals surface area contributed by atoms with Crippen LogP contribution in [0.2, 0.25) is 0 Å². The number of nitrogens with zero attached hydrogens (tertiary/aromatic N) is 3. The summed E-state index contributed by atoms with van der Waals surface area (Å²) < 4.78 is 7.88. The number of allylic oxidation sites excluding steroid dienone is 2. The average Bonchev–Trinajstić information content (AvgIpc) is 2.47. The molecule has 0 saturated heterocycles. The van der Waals surface area contributed by atoms with Crippen molar-refractivity contribution < 1.29 is 4.18 Å². The molecule has 0 atom stereocenters. The standard InChI is InChI=1S/C13H19N3O4S/c1-4-7-14-11(17)15(8-5-2)13(19)16(12(14)18)9-6-10-21-20-3/h4-5H,1-2,6-10H2,3H3. The largest absolute Gasteiger partial charge is 0.336 e. The van der Waals surface area contributed by atoms with Crippen LogP contribution in [0.1, 0.15) is 6.42 Å². The van der Waals surface area contributed by atoms with Gasteiger partial charge in [0.15, 0.2) is 0 Å². The lowest BCUT2D eigenvalue weighted by molar-refractivity contribution is 0.469. The molecule has 0 aliphatic carbocycles. The van der Waals surface area contributed by atoms with Gasteiger partial charge in [-0.25, -0.2) is 28.1 Å². The fraction of sp³-hybridized carbons (Fsp3) is 0.462. The summed E-state index contributed by atoms with van der Waals surface area (Å²) in [5.41, 5.74) is -1.88. The molecule has 0 saturated carbocycles. The Labute approximate surface area is 126 Å². The molecule has 1 aromatic rings. The minimum Gasteiger partial charge on any atom is -0.319 e. The molecule has 0 amide bonds. The first kappa shape index (κ1) is 17.3. The zero-order valence-corrected chi connectivity index (χ0v) is 12.8. The second kappa shape index (κ2) is 8.48. The van der Waals surface area contributed by atoms with E-state index in [0.29, 0.717) is 12.2 Å². The van der Waals surface area contributed by atoms with Gasteiger partial charge in [-0.2, -0.15) is 0 Å². The molecule has 116 valence electrons. The molecule has 0 bridgehead atoms. The first-order valence-corrected chi connectivity index (χ1v) is 7.31. The predicted octanol–water partition coefficient (Wildman–Crippen LogP) is 0.228. The van der Waals surface area contributed by atoms with Gasteiger partial charge in [0, 0.05) is 12.3 Å². The second-order valence-electron chi connectivity index (χ2n) is 4.14.